The van der Waals surface area contributed by atoms with Gasteiger partial charge in [-0.1, -0.05) is 32.6 Å². The lowest BCUT2D eigenvalue weighted by molar-refractivity contribution is -0.110. The number of hydrogen-bond donors (Lipinski definition) is 0. The first-order chi connectivity index (χ1) is 6.33. The first-order valence-corrected chi connectivity index (χ1v) is 5.40. The fraction of sp³-hybridized carbons (Fsp3) is 0.909. The second kappa shape index (κ2) is 6.14. The third-order valence-electron chi connectivity index (χ3n) is 2.57. The smallest absolute Gasteiger partial charge is 0.122 e. The van der Waals surface area contributed by atoms with E-state index in [9.17, 15) is 4.79 Å². The molecule has 2 nitrogen and oxygen atoms in total. The van der Waals surface area contributed by atoms with Gasteiger partial charge in [-0.2, -0.15) is 0 Å². The molecule has 1 heterocycles. The predicted octanol–water partition coefficient (Wildman–Crippen LogP) is 2.56. The summed E-state index contributed by atoms with van der Waals surface area (Å²) in [4.78, 5) is 10.3. The molecule has 0 N–H and O–H groups in total. The van der Waals surface area contributed by atoms with Crippen molar-refractivity contribution in [2.24, 2.45) is 5.92 Å². The van der Waals surface area contributed by atoms with Crippen molar-refractivity contribution < 1.29 is 9.53 Å². The lowest BCUT2D eigenvalue weighted by Crippen LogP contribution is -1.95. The maximum absolute atomic E-state index is 10.3. The van der Waals surface area contributed by atoms with Crippen LogP contribution in [0.4, 0.5) is 0 Å². The molecule has 0 saturated carbocycles. The van der Waals surface area contributed by atoms with Gasteiger partial charge in [-0.15, -0.1) is 0 Å². The van der Waals surface area contributed by atoms with Crippen LogP contribution in [0, 0.1) is 5.92 Å². The van der Waals surface area contributed by atoms with Gasteiger partial charge in [-0.25, -0.2) is 0 Å². The van der Waals surface area contributed by atoms with Gasteiger partial charge in [-0.05, 0) is 12.8 Å². The van der Waals surface area contributed by atoms with Crippen molar-refractivity contribution in [3.8, 4) is 0 Å². The number of carbonyl (C=O) groups is 1. The number of aldehydes is 1. The van der Waals surface area contributed by atoms with Crippen LogP contribution in [0.1, 0.15) is 45.4 Å². The zero-order chi connectivity index (χ0) is 9.52. The lowest BCUT2D eigenvalue weighted by atomic mass is 10.0. The summed E-state index contributed by atoms with van der Waals surface area (Å²) in [5.74, 6) is 0.256. The van der Waals surface area contributed by atoms with Gasteiger partial charge in [0.15, 0.2) is 0 Å². The summed E-state index contributed by atoms with van der Waals surface area (Å²) in [5.41, 5.74) is 0. The maximum Gasteiger partial charge on any atom is 0.122 e. The Labute approximate surface area is 80.7 Å². The van der Waals surface area contributed by atoms with E-state index in [0.29, 0.717) is 6.10 Å². The van der Waals surface area contributed by atoms with Gasteiger partial charge in [0.05, 0.1) is 12.7 Å². The standard InChI is InChI=1S/C11H20O2/c1-10(8-12)6-4-2-3-5-7-11-9-13-11/h8,10-11H,2-7,9H2,1H3. The molecule has 1 rings (SSSR count). The summed E-state index contributed by atoms with van der Waals surface area (Å²) in [6.45, 7) is 2.98. The Kier molecular flexibility index (Phi) is 5.06. The van der Waals surface area contributed by atoms with E-state index in [1.165, 1.54) is 32.1 Å². The van der Waals surface area contributed by atoms with Gasteiger partial charge in [0, 0.05) is 5.92 Å². The monoisotopic (exact) mass is 184 g/mol. The van der Waals surface area contributed by atoms with Gasteiger partial charge in [-0.3, -0.25) is 0 Å². The molecular formula is C11H20O2. The second-order valence-electron chi connectivity index (χ2n) is 4.06. The molecule has 0 aromatic carbocycles. The van der Waals surface area contributed by atoms with Crippen LogP contribution >= 0.6 is 0 Å². The molecule has 0 aromatic heterocycles. The van der Waals surface area contributed by atoms with Crippen LogP contribution in [0.25, 0.3) is 0 Å². The normalized spacial score (nSPS) is 22.7. The molecule has 0 amide bonds. The fourth-order valence-corrected chi connectivity index (χ4v) is 1.49. The average molecular weight is 184 g/mol. The van der Waals surface area contributed by atoms with Crippen molar-refractivity contribution in [3.63, 3.8) is 0 Å². The molecular weight excluding hydrogens is 164 g/mol. The van der Waals surface area contributed by atoms with E-state index in [0.717, 1.165) is 19.3 Å². The Bertz CT molecular complexity index is 141. The van der Waals surface area contributed by atoms with Crippen molar-refractivity contribution >= 4 is 6.29 Å². The summed E-state index contributed by atoms with van der Waals surface area (Å²) in [6.07, 6.45) is 9.00. The molecule has 0 spiro atoms. The van der Waals surface area contributed by atoms with Gasteiger partial charge in [0.25, 0.3) is 0 Å². The molecule has 76 valence electrons. The molecule has 1 fully saturated rings. The van der Waals surface area contributed by atoms with Gasteiger partial charge in [0.1, 0.15) is 6.29 Å². The van der Waals surface area contributed by atoms with Crippen LogP contribution in [-0.4, -0.2) is 19.0 Å². The lowest BCUT2D eigenvalue weighted by Gasteiger charge is -2.02. The number of rotatable bonds is 8. The number of unbranched alkanes of at least 4 members (excludes halogenated alkanes) is 3. The van der Waals surface area contributed by atoms with Crippen molar-refractivity contribution in [1.82, 2.24) is 0 Å². The third kappa shape index (κ3) is 5.81. The molecule has 1 saturated heterocycles. The topological polar surface area (TPSA) is 29.6 Å². The summed E-state index contributed by atoms with van der Waals surface area (Å²) in [6, 6.07) is 0. The first kappa shape index (κ1) is 10.7. The Morgan fingerprint density at radius 3 is 2.69 bits per heavy atom. The van der Waals surface area contributed by atoms with E-state index in [1.807, 2.05) is 6.92 Å². The van der Waals surface area contributed by atoms with Crippen molar-refractivity contribution in [2.45, 2.75) is 51.6 Å². The third-order valence-corrected chi connectivity index (χ3v) is 2.57. The predicted molar refractivity (Wildman–Crippen MR) is 52.7 cm³/mol. The zero-order valence-corrected chi connectivity index (χ0v) is 8.50. The van der Waals surface area contributed by atoms with E-state index in [-0.39, 0.29) is 5.92 Å². The summed E-state index contributed by atoms with van der Waals surface area (Å²) in [5, 5.41) is 0. The van der Waals surface area contributed by atoms with Crippen LogP contribution in [0.2, 0.25) is 0 Å². The van der Waals surface area contributed by atoms with Gasteiger partial charge >= 0.3 is 0 Å². The minimum Gasteiger partial charge on any atom is -0.373 e. The number of epoxide rings is 1. The average Bonchev–Trinajstić information content (AvgIpc) is 2.94. The number of ether oxygens (including phenoxy) is 1. The SMILES string of the molecule is CC(C=O)CCCCCCC1CO1. The number of hydrogen-bond acceptors (Lipinski definition) is 2. The van der Waals surface area contributed by atoms with E-state index >= 15 is 0 Å². The summed E-state index contributed by atoms with van der Waals surface area (Å²) in [7, 11) is 0. The minimum absolute atomic E-state index is 0.256. The molecule has 13 heavy (non-hydrogen) atoms. The highest BCUT2D eigenvalue weighted by molar-refractivity contribution is 5.52. The van der Waals surface area contributed by atoms with Crippen LogP contribution < -0.4 is 0 Å². The van der Waals surface area contributed by atoms with Crippen LogP contribution in [-0.2, 0) is 9.53 Å². The molecule has 1 aliphatic heterocycles. The van der Waals surface area contributed by atoms with Gasteiger partial charge in [0.2, 0.25) is 0 Å². The van der Waals surface area contributed by atoms with E-state index in [4.69, 9.17) is 4.74 Å². The Balaban J connectivity index is 1.75. The van der Waals surface area contributed by atoms with Crippen LogP contribution in [0.15, 0.2) is 0 Å². The molecule has 2 heteroatoms. The van der Waals surface area contributed by atoms with Crippen molar-refractivity contribution in [3.05, 3.63) is 0 Å². The highest BCUT2D eigenvalue weighted by Gasteiger charge is 2.20. The number of carbonyl (C=O) groups excluding carboxylic acids is 1. The molecule has 0 aliphatic carbocycles. The van der Waals surface area contributed by atoms with Crippen molar-refractivity contribution in [1.29, 1.82) is 0 Å². The Hall–Kier alpha value is -0.370. The van der Waals surface area contributed by atoms with Crippen LogP contribution in [0.3, 0.4) is 0 Å². The zero-order valence-electron chi connectivity index (χ0n) is 8.50. The summed E-state index contributed by atoms with van der Waals surface area (Å²) >= 11 is 0. The molecule has 1 aliphatic rings. The van der Waals surface area contributed by atoms with Gasteiger partial charge < -0.3 is 9.53 Å². The largest absolute Gasteiger partial charge is 0.373 e. The molecule has 0 aromatic rings. The van der Waals surface area contributed by atoms with E-state index < -0.39 is 0 Å². The molecule has 2 unspecified atom stereocenters. The Morgan fingerprint density at radius 2 is 2.08 bits per heavy atom. The maximum atomic E-state index is 10.3. The first-order valence-electron chi connectivity index (χ1n) is 5.40. The fourth-order valence-electron chi connectivity index (χ4n) is 1.49. The highest BCUT2D eigenvalue weighted by Crippen LogP contribution is 2.18. The minimum atomic E-state index is 0.256. The second-order valence-corrected chi connectivity index (χ2v) is 4.06. The van der Waals surface area contributed by atoms with E-state index in [1.54, 1.807) is 0 Å². The molecule has 0 bridgehead atoms. The van der Waals surface area contributed by atoms with E-state index in [2.05, 4.69) is 0 Å². The Morgan fingerprint density at radius 1 is 1.38 bits per heavy atom. The molecule has 2 atom stereocenters. The quantitative estimate of drug-likeness (QED) is 0.329. The highest BCUT2D eigenvalue weighted by atomic mass is 16.6. The molecule has 0 radical (unpaired) electrons. The van der Waals surface area contributed by atoms with Crippen molar-refractivity contribution in [2.75, 3.05) is 6.61 Å². The summed E-state index contributed by atoms with van der Waals surface area (Å²) < 4.78 is 5.12. The van der Waals surface area contributed by atoms with Crippen LogP contribution in [0.5, 0.6) is 0 Å².